The molecule has 17 heavy (non-hydrogen) atoms. The van der Waals surface area contributed by atoms with Crippen LogP contribution in [0.2, 0.25) is 0 Å². The van der Waals surface area contributed by atoms with Crippen LogP contribution in [-0.2, 0) is 11.2 Å². The molecule has 0 fully saturated rings. The zero-order valence-electron chi connectivity index (χ0n) is 8.67. The molecule has 1 rings (SSSR count). The highest BCUT2D eigenvalue weighted by Gasteiger charge is 2.22. The van der Waals surface area contributed by atoms with E-state index in [1.807, 2.05) is 0 Å². The maximum Gasteiger partial charge on any atom is 0.492 e. The van der Waals surface area contributed by atoms with E-state index in [0.29, 0.717) is 0 Å². The van der Waals surface area contributed by atoms with Gasteiger partial charge in [0.2, 0.25) is 0 Å². The van der Waals surface area contributed by atoms with Gasteiger partial charge in [-0.05, 0) is 17.7 Å². The van der Waals surface area contributed by atoms with Crippen LogP contribution in [-0.4, -0.2) is 39.4 Å². The van der Waals surface area contributed by atoms with Crippen molar-refractivity contribution < 1.29 is 29.4 Å². The van der Waals surface area contributed by atoms with Crippen LogP contribution in [0.15, 0.2) is 12.1 Å². The summed E-state index contributed by atoms with van der Waals surface area (Å²) in [5, 5.41) is 35.9. The number of aliphatic carboxylic acids is 1. The molecule has 0 radical (unpaired) electrons. The molecule has 0 amide bonds. The van der Waals surface area contributed by atoms with Crippen molar-refractivity contribution in [1.29, 1.82) is 0 Å². The lowest BCUT2D eigenvalue weighted by Gasteiger charge is -2.12. The van der Waals surface area contributed by atoms with E-state index in [9.17, 15) is 14.3 Å². The van der Waals surface area contributed by atoms with Gasteiger partial charge in [-0.15, -0.1) is 0 Å². The van der Waals surface area contributed by atoms with Crippen molar-refractivity contribution in [2.45, 2.75) is 12.5 Å². The highest BCUT2D eigenvalue weighted by atomic mass is 19.1. The molecular weight excluding hydrogens is 232 g/mol. The largest absolute Gasteiger partial charge is 0.508 e. The molecule has 92 valence electrons. The summed E-state index contributed by atoms with van der Waals surface area (Å²) in [4.78, 5) is 10.5. The highest BCUT2D eigenvalue weighted by Crippen LogP contribution is 2.18. The average Bonchev–Trinajstić information content (AvgIpc) is 2.22. The van der Waals surface area contributed by atoms with Crippen LogP contribution >= 0.6 is 0 Å². The van der Waals surface area contributed by atoms with E-state index in [-0.39, 0.29) is 12.0 Å². The predicted octanol–water partition coefficient (Wildman–Crippen LogP) is -1.83. The Hall–Kier alpha value is -1.64. The van der Waals surface area contributed by atoms with Crippen molar-refractivity contribution in [2.24, 2.45) is 5.73 Å². The lowest BCUT2D eigenvalue weighted by atomic mass is 9.78. The van der Waals surface area contributed by atoms with Crippen LogP contribution in [0.5, 0.6) is 5.75 Å². The number of phenols is 1. The van der Waals surface area contributed by atoms with E-state index in [1.165, 1.54) is 0 Å². The number of benzene rings is 1. The molecule has 1 aromatic carbocycles. The molecule has 0 aliphatic rings. The minimum absolute atomic E-state index is 0.0944. The third kappa shape index (κ3) is 3.16. The average molecular weight is 243 g/mol. The Morgan fingerprint density at radius 3 is 2.53 bits per heavy atom. The van der Waals surface area contributed by atoms with Gasteiger partial charge in [-0.2, -0.15) is 0 Å². The van der Waals surface area contributed by atoms with E-state index in [4.69, 9.17) is 20.9 Å². The first-order valence-electron chi connectivity index (χ1n) is 4.68. The zero-order valence-corrected chi connectivity index (χ0v) is 8.67. The number of hydrogen-bond acceptors (Lipinski definition) is 5. The van der Waals surface area contributed by atoms with Gasteiger partial charge in [0, 0.05) is 11.9 Å². The normalized spacial score (nSPS) is 12.2. The summed E-state index contributed by atoms with van der Waals surface area (Å²) in [6.07, 6.45) is -0.321. The van der Waals surface area contributed by atoms with Crippen molar-refractivity contribution in [2.75, 3.05) is 0 Å². The van der Waals surface area contributed by atoms with Gasteiger partial charge in [-0.3, -0.25) is 4.79 Å². The molecular formula is C9H11BFNO5. The number of carboxylic acids is 1. The Kier molecular flexibility index (Phi) is 4.05. The number of carbonyl (C=O) groups is 1. The van der Waals surface area contributed by atoms with Gasteiger partial charge >= 0.3 is 13.1 Å². The van der Waals surface area contributed by atoms with Gasteiger partial charge in [-0.25, -0.2) is 4.39 Å². The zero-order chi connectivity index (χ0) is 13.2. The lowest BCUT2D eigenvalue weighted by Crippen LogP contribution is -2.34. The number of rotatable bonds is 4. The van der Waals surface area contributed by atoms with E-state index >= 15 is 0 Å². The van der Waals surface area contributed by atoms with Crippen molar-refractivity contribution in [3.63, 3.8) is 0 Å². The first-order valence-corrected chi connectivity index (χ1v) is 4.68. The molecule has 8 heteroatoms. The second kappa shape index (κ2) is 5.13. The Morgan fingerprint density at radius 2 is 2.06 bits per heavy atom. The minimum atomic E-state index is -2.05. The molecule has 0 saturated heterocycles. The fourth-order valence-electron chi connectivity index (χ4n) is 1.36. The van der Waals surface area contributed by atoms with Gasteiger partial charge < -0.3 is 26.0 Å². The minimum Gasteiger partial charge on any atom is -0.508 e. The summed E-state index contributed by atoms with van der Waals surface area (Å²) in [5.74, 6) is -2.70. The molecule has 6 nitrogen and oxygen atoms in total. The van der Waals surface area contributed by atoms with Crippen LogP contribution in [0.3, 0.4) is 0 Å². The number of phenolic OH excluding ortho intramolecular Hbond substituents is 1. The summed E-state index contributed by atoms with van der Waals surface area (Å²) < 4.78 is 13.1. The van der Waals surface area contributed by atoms with E-state index in [2.05, 4.69) is 0 Å². The van der Waals surface area contributed by atoms with E-state index in [0.717, 1.165) is 12.1 Å². The quantitative estimate of drug-likeness (QED) is 0.396. The first kappa shape index (κ1) is 13.4. The van der Waals surface area contributed by atoms with E-state index < -0.39 is 36.2 Å². The third-order valence-corrected chi connectivity index (χ3v) is 2.22. The second-order valence-electron chi connectivity index (χ2n) is 3.53. The molecule has 0 heterocycles. The maximum absolute atomic E-state index is 13.1. The number of hydrogen-bond donors (Lipinski definition) is 5. The number of halogens is 1. The molecule has 0 unspecified atom stereocenters. The van der Waals surface area contributed by atoms with Crippen LogP contribution in [0, 0.1) is 5.82 Å². The van der Waals surface area contributed by atoms with E-state index in [1.54, 1.807) is 0 Å². The highest BCUT2D eigenvalue weighted by molar-refractivity contribution is 6.59. The van der Waals surface area contributed by atoms with Crippen LogP contribution < -0.4 is 11.2 Å². The number of carboxylic acid groups (broad SMARTS) is 1. The fourth-order valence-corrected chi connectivity index (χ4v) is 1.36. The van der Waals surface area contributed by atoms with Gasteiger partial charge in [0.25, 0.3) is 0 Å². The van der Waals surface area contributed by atoms with Crippen LogP contribution in [0.1, 0.15) is 5.56 Å². The first-order chi connectivity index (χ1) is 7.82. The standard InChI is InChI=1S/C9H11BFNO5/c11-5-1-4(2-7(12)9(14)15)8(13)6(3-5)10(16)17/h1,3,7,13,16-17H,2,12H2,(H,14,15)/t7-/m0/s1. The topological polar surface area (TPSA) is 124 Å². The maximum atomic E-state index is 13.1. The molecule has 0 bridgehead atoms. The lowest BCUT2D eigenvalue weighted by molar-refractivity contribution is -0.138. The van der Waals surface area contributed by atoms with Gasteiger partial charge in [0.15, 0.2) is 0 Å². The predicted molar refractivity (Wildman–Crippen MR) is 57.2 cm³/mol. The molecule has 0 saturated carbocycles. The van der Waals surface area contributed by atoms with Crippen molar-refractivity contribution in [3.8, 4) is 5.75 Å². The summed E-state index contributed by atoms with van der Waals surface area (Å²) in [6, 6.07) is 0.325. The number of aromatic hydroxyl groups is 1. The van der Waals surface area contributed by atoms with Crippen molar-refractivity contribution >= 4 is 18.6 Å². The fraction of sp³-hybridized carbons (Fsp3) is 0.222. The summed E-state index contributed by atoms with van der Waals surface area (Å²) in [6.45, 7) is 0. The van der Waals surface area contributed by atoms with Crippen LogP contribution in [0.4, 0.5) is 4.39 Å². The Balaban J connectivity index is 3.11. The monoisotopic (exact) mass is 243 g/mol. The van der Waals surface area contributed by atoms with Gasteiger partial charge in [0.1, 0.15) is 17.6 Å². The SMILES string of the molecule is N[C@@H](Cc1cc(F)cc(B(O)O)c1O)C(=O)O. The molecule has 1 atom stereocenters. The number of nitrogens with two attached hydrogens (primary N) is 1. The van der Waals surface area contributed by atoms with Crippen LogP contribution in [0.25, 0.3) is 0 Å². The van der Waals surface area contributed by atoms with Crippen molar-refractivity contribution in [3.05, 3.63) is 23.5 Å². The summed E-state index contributed by atoms with van der Waals surface area (Å²) >= 11 is 0. The van der Waals surface area contributed by atoms with Gasteiger partial charge in [0.05, 0.1) is 0 Å². The second-order valence-corrected chi connectivity index (χ2v) is 3.53. The smallest absolute Gasteiger partial charge is 0.492 e. The van der Waals surface area contributed by atoms with Gasteiger partial charge in [-0.1, -0.05) is 0 Å². The molecule has 0 spiro atoms. The third-order valence-electron chi connectivity index (χ3n) is 2.22. The Bertz CT molecular complexity index is 440. The van der Waals surface area contributed by atoms with Crippen molar-refractivity contribution in [1.82, 2.24) is 0 Å². The Morgan fingerprint density at radius 1 is 1.47 bits per heavy atom. The summed E-state index contributed by atoms with van der Waals surface area (Å²) in [5.41, 5.74) is 4.71. The Labute approximate surface area is 96.3 Å². The summed E-state index contributed by atoms with van der Waals surface area (Å²) in [7, 11) is -2.05. The molecule has 0 aliphatic heterocycles. The molecule has 1 aromatic rings. The molecule has 0 aromatic heterocycles. The molecule has 0 aliphatic carbocycles. The molecule has 6 N–H and O–H groups in total.